The average molecular weight is 556 g/mol. The highest BCUT2D eigenvalue weighted by Crippen LogP contribution is 2.31. The van der Waals surface area contributed by atoms with E-state index >= 15 is 0 Å². The Morgan fingerprint density at radius 3 is 1.90 bits per heavy atom. The Morgan fingerprint density at radius 1 is 0.769 bits per heavy atom. The molecule has 4 aromatic carbocycles. The minimum absolute atomic E-state index is 0.264. The minimum Gasteiger partial charge on any atom is -0.449 e. The molecule has 0 spiro atoms. The number of esters is 1. The molecule has 1 heterocycles. The molecule has 1 amide bonds. The van der Waals surface area contributed by atoms with E-state index in [1.54, 1.807) is 43.3 Å². The molecule has 8 heteroatoms. The second-order valence-corrected chi connectivity index (χ2v) is 9.68. The lowest BCUT2D eigenvalue weighted by atomic mass is 10.0. The zero-order valence-corrected chi connectivity index (χ0v) is 22.4. The highest BCUT2D eigenvalue weighted by Gasteiger charge is 2.23. The van der Waals surface area contributed by atoms with Gasteiger partial charge in [0.05, 0.1) is 28.0 Å². The van der Waals surface area contributed by atoms with E-state index in [9.17, 15) is 9.59 Å². The number of nitrogens with zero attached hydrogens (tertiary/aromatic N) is 2. The third kappa shape index (κ3) is 6.08. The fourth-order valence-corrected chi connectivity index (χ4v) is 4.67. The Balaban J connectivity index is 1.44. The number of nitrogens with one attached hydrogen (secondary N) is 1. The number of fused-ring (bicyclic) bond motifs is 1. The molecule has 1 unspecified atom stereocenters. The Labute approximate surface area is 235 Å². The molecule has 6 nitrogen and oxygen atoms in total. The summed E-state index contributed by atoms with van der Waals surface area (Å²) in [5.41, 5.74) is 5.13. The molecule has 1 aromatic heterocycles. The highest BCUT2D eigenvalue weighted by molar-refractivity contribution is 6.35. The summed E-state index contributed by atoms with van der Waals surface area (Å²) in [5, 5.41) is 3.46. The Bertz CT molecular complexity index is 1640. The fourth-order valence-electron chi connectivity index (χ4n) is 4.14. The van der Waals surface area contributed by atoms with Crippen LogP contribution in [-0.2, 0) is 9.53 Å². The quantitative estimate of drug-likeness (QED) is 0.207. The Hall–Kier alpha value is -4.26. The van der Waals surface area contributed by atoms with E-state index in [0.717, 1.165) is 16.8 Å². The summed E-state index contributed by atoms with van der Waals surface area (Å²) in [7, 11) is 0. The highest BCUT2D eigenvalue weighted by atomic mass is 35.5. The number of carbonyl (C=O) groups excluding carboxylic acids is 2. The number of aromatic nitrogens is 2. The number of rotatable bonds is 7. The van der Waals surface area contributed by atoms with E-state index in [0.29, 0.717) is 32.5 Å². The third-order valence-corrected chi connectivity index (χ3v) is 6.47. The molecule has 39 heavy (non-hydrogen) atoms. The minimum atomic E-state index is -1.02. The molecule has 1 N–H and O–H groups in total. The van der Waals surface area contributed by atoms with Gasteiger partial charge in [0.1, 0.15) is 0 Å². The van der Waals surface area contributed by atoms with Gasteiger partial charge in [0, 0.05) is 26.9 Å². The monoisotopic (exact) mass is 555 g/mol. The average Bonchev–Trinajstić information content (AvgIpc) is 2.95. The molecule has 1 atom stereocenters. The van der Waals surface area contributed by atoms with E-state index in [2.05, 4.69) is 5.32 Å². The van der Waals surface area contributed by atoms with Gasteiger partial charge >= 0.3 is 5.97 Å². The summed E-state index contributed by atoms with van der Waals surface area (Å²) in [6.45, 7) is 1.76. The molecule has 0 bridgehead atoms. The zero-order chi connectivity index (χ0) is 27.4. The lowest BCUT2D eigenvalue weighted by Crippen LogP contribution is -2.32. The van der Waals surface area contributed by atoms with Gasteiger partial charge in [-0.1, -0.05) is 90.8 Å². The van der Waals surface area contributed by atoms with Crippen molar-refractivity contribution in [3.8, 4) is 22.5 Å². The van der Waals surface area contributed by atoms with Gasteiger partial charge in [-0.3, -0.25) is 4.79 Å². The van der Waals surface area contributed by atoms with Crippen molar-refractivity contribution >= 4 is 51.8 Å². The van der Waals surface area contributed by atoms with Crippen LogP contribution >= 0.6 is 23.2 Å². The number of hydrogen-bond acceptors (Lipinski definition) is 5. The molecule has 0 fully saturated rings. The summed E-state index contributed by atoms with van der Waals surface area (Å²) in [6, 6.07) is 29.3. The van der Waals surface area contributed by atoms with Crippen molar-refractivity contribution in [2.45, 2.75) is 19.4 Å². The van der Waals surface area contributed by atoms with Crippen LogP contribution in [0.4, 0.5) is 5.69 Å². The molecular formula is C31H23Cl2N3O3. The normalized spacial score (nSPS) is 11.7. The third-order valence-electron chi connectivity index (χ3n) is 6.04. The van der Waals surface area contributed by atoms with Gasteiger partial charge < -0.3 is 10.1 Å². The van der Waals surface area contributed by atoms with Crippen LogP contribution in [0.2, 0.25) is 10.0 Å². The molecule has 0 aliphatic heterocycles. The first-order valence-electron chi connectivity index (χ1n) is 12.3. The number of benzene rings is 4. The smallest absolute Gasteiger partial charge is 0.338 e. The maximum absolute atomic E-state index is 13.1. The molecule has 0 aliphatic rings. The zero-order valence-electron chi connectivity index (χ0n) is 20.9. The molecule has 194 valence electrons. The van der Waals surface area contributed by atoms with Gasteiger partial charge in [-0.05, 0) is 42.8 Å². The van der Waals surface area contributed by atoms with Gasteiger partial charge in [-0.15, -0.1) is 0 Å². The van der Waals surface area contributed by atoms with Gasteiger partial charge in [-0.2, -0.15) is 0 Å². The molecule has 0 saturated carbocycles. The van der Waals surface area contributed by atoms with Crippen LogP contribution in [0.15, 0.2) is 97.1 Å². The number of carbonyl (C=O) groups is 2. The first kappa shape index (κ1) is 26.4. The fraction of sp³-hybridized carbons (Fsp3) is 0.0968. The summed E-state index contributed by atoms with van der Waals surface area (Å²) in [5.74, 6) is -1.12. The summed E-state index contributed by atoms with van der Waals surface area (Å²) >= 11 is 12.0. The summed E-state index contributed by atoms with van der Waals surface area (Å²) in [6.07, 6.45) is -0.741. The van der Waals surface area contributed by atoms with Gasteiger partial charge in [0.15, 0.2) is 6.10 Å². The van der Waals surface area contributed by atoms with Crippen molar-refractivity contribution in [2.75, 3.05) is 5.32 Å². The Kier molecular flexibility index (Phi) is 7.87. The predicted octanol–water partition coefficient (Wildman–Crippen LogP) is 7.84. The molecule has 5 aromatic rings. The van der Waals surface area contributed by atoms with E-state index < -0.39 is 18.0 Å². The lowest BCUT2D eigenvalue weighted by molar-refractivity contribution is -0.124. The number of halogens is 2. The molecule has 5 rings (SSSR count). The topological polar surface area (TPSA) is 81.2 Å². The van der Waals surface area contributed by atoms with Crippen LogP contribution in [0.3, 0.4) is 0 Å². The van der Waals surface area contributed by atoms with Crippen molar-refractivity contribution < 1.29 is 14.3 Å². The number of amides is 1. The van der Waals surface area contributed by atoms with Gasteiger partial charge in [-0.25, -0.2) is 14.8 Å². The predicted molar refractivity (Wildman–Crippen MR) is 155 cm³/mol. The lowest BCUT2D eigenvalue weighted by Gasteiger charge is -2.17. The second-order valence-electron chi connectivity index (χ2n) is 8.81. The first-order chi connectivity index (χ1) is 18.9. The van der Waals surface area contributed by atoms with Crippen molar-refractivity contribution in [1.29, 1.82) is 0 Å². The second kappa shape index (κ2) is 11.6. The maximum atomic E-state index is 13.1. The number of anilines is 1. The maximum Gasteiger partial charge on any atom is 0.338 e. The standard InChI is InChI=1S/C31H23Cl2N3O3/c1-2-27(30(37)34-24-17-22(32)16-23(33)18-24)39-31(38)21-13-14-25-26(15-21)36-29(20-11-7-4-8-12-20)28(35-25)19-9-5-3-6-10-19/h3-18,27H,2H2,1H3,(H,34,37). The van der Waals surface area contributed by atoms with Crippen LogP contribution in [0, 0.1) is 0 Å². The summed E-state index contributed by atoms with van der Waals surface area (Å²) < 4.78 is 5.57. The van der Waals surface area contributed by atoms with Crippen molar-refractivity contribution in [3.05, 3.63) is 113 Å². The van der Waals surface area contributed by atoms with Crippen molar-refractivity contribution in [3.63, 3.8) is 0 Å². The van der Waals surface area contributed by atoms with Gasteiger partial charge in [0.2, 0.25) is 0 Å². The summed E-state index contributed by atoms with van der Waals surface area (Å²) in [4.78, 5) is 35.7. The largest absolute Gasteiger partial charge is 0.449 e. The van der Waals surface area contributed by atoms with E-state index in [1.165, 1.54) is 0 Å². The van der Waals surface area contributed by atoms with Gasteiger partial charge in [0.25, 0.3) is 5.91 Å². The molecule has 0 aliphatic carbocycles. The van der Waals surface area contributed by atoms with Crippen LogP contribution < -0.4 is 5.32 Å². The van der Waals surface area contributed by atoms with Crippen molar-refractivity contribution in [2.24, 2.45) is 0 Å². The Morgan fingerprint density at radius 2 is 1.33 bits per heavy atom. The SMILES string of the molecule is CCC(OC(=O)c1ccc2nc(-c3ccccc3)c(-c3ccccc3)nc2c1)C(=O)Nc1cc(Cl)cc(Cl)c1. The van der Waals surface area contributed by atoms with Crippen LogP contribution in [-0.4, -0.2) is 27.9 Å². The van der Waals surface area contributed by atoms with Crippen LogP contribution in [0.25, 0.3) is 33.5 Å². The van der Waals surface area contributed by atoms with E-state index in [4.69, 9.17) is 37.9 Å². The first-order valence-corrected chi connectivity index (χ1v) is 13.1. The van der Waals surface area contributed by atoms with E-state index in [1.807, 2.05) is 60.7 Å². The van der Waals surface area contributed by atoms with E-state index in [-0.39, 0.29) is 12.0 Å². The van der Waals surface area contributed by atoms with Crippen LogP contribution in [0.1, 0.15) is 23.7 Å². The molecular weight excluding hydrogens is 533 g/mol. The molecule has 0 saturated heterocycles. The molecule has 0 radical (unpaired) electrons. The number of ether oxygens (including phenoxy) is 1. The van der Waals surface area contributed by atoms with Crippen LogP contribution in [0.5, 0.6) is 0 Å². The number of hydrogen-bond donors (Lipinski definition) is 1. The van der Waals surface area contributed by atoms with Crippen molar-refractivity contribution in [1.82, 2.24) is 9.97 Å².